The highest BCUT2D eigenvalue weighted by atomic mass is 19.4. The van der Waals surface area contributed by atoms with Crippen LogP contribution in [0, 0.1) is 0 Å². The molecule has 9 nitrogen and oxygen atoms in total. The fourth-order valence-electron chi connectivity index (χ4n) is 3.74. The zero-order valence-corrected chi connectivity index (χ0v) is 22.5. The standard InChI is InChI=1S/C26H32N4O3.C2HF3O2/c1-4-21(31)12-6-5-7-13-22(29-25(32)26(33)30(2)3)24-27-17-23(28-24)20-15-14-18-10-8-9-11-19(18)16-20;3-2(4,5)1(6)7/h8-11,14-17,22H,4-7,12-13H2,1-3H3,(H,27,28)(H,29,32);(H,6,7)/t22-;/m0./s1. The maximum atomic E-state index is 12.4. The van der Waals surface area contributed by atoms with Gasteiger partial charge in [0.05, 0.1) is 17.9 Å². The number of carbonyl (C=O) groups excluding carboxylic acids is 3. The molecule has 0 radical (unpaired) electrons. The number of hydrogen-bond acceptors (Lipinski definition) is 5. The van der Waals surface area contributed by atoms with E-state index in [0.29, 0.717) is 25.1 Å². The fraction of sp³-hybridized carbons (Fsp3) is 0.393. The number of nitrogens with zero attached hydrogens (tertiary/aromatic N) is 2. The number of halogens is 3. The minimum Gasteiger partial charge on any atom is -0.475 e. The van der Waals surface area contributed by atoms with Crippen molar-refractivity contribution < 1.29 is 37.5 Å². The van der Waals surface area contributed by atoms with Gasteiger partial charge < -0.3 is 20.3 Å². The summed E-state index contributed by atoms with van der Waals surface area (Å²) in [5.74, 6) is -3.14. The first kappa shape index (κ1) is 32.0. The number of unbranched alkanes of at least 4 members (excludes halogenated alkanes) is 2. The highest BCUT2D eigenvalue weighted by molar-refractivity contribution is 6.34. The summed E-state index contributed by atoms with van der Waals surface area (Å²) in [5.41, 5.74) is 1.85. The van der Waals surface area contributed by atoms with E-state index in [-0.39, 0.29) is 5.78 Å². The molecule has 0 aliphatic heterocycles. The minimum atomic E-state index is -5.08. The predicted octanol–water partition coefficient (Wildman–Crippen LogP) is 5.04. The second-order valence-corrected chi connectivity index (χ2v) is 9.26. The third kappa shape index (κ3) is 9.83. The Morgan fingerprint density at radius 1 is 1.02 bits per heavy atom. The Morgan fingerprint density at radius 3 is 2.27 bits per heavy atom. The molecule has 3 N–H and O–H groups in total. The van der Waals surface area contributed by atoms with Crippen LogP contribution in [0.25, 0.3) is 22.0 Å². The van der Waals surface area contributed by atoms with E-state index >= 15 is 0 Å². The van der Waals surface area contributed by atoms with Crippen molar-refractivity contribution in [3.05, 3.63) is 54.5 Å². The van der Waals surface area contributed by atoms with E-state index in [1.54, 1.807) is 20.3 Å². The topological polar surface area (TPSA) is 132 Å². The number of Topliss-reactive ketones (excluding diaryl/α,β-unsaturated/α-hetero) is 1. The van der Waals surface area contributed by atoms with Crippen LogP contribution < -0.4 is 5.32 Å². The molecule has 1 atom stereocenters. The molecule has 1 heterocycles. The first-order chi connectivity index (χ1) is 18.8. The molecule has 216 valence electrons. The molecule has 0 spiro atoms. The molecule has 0 aliphatic rings. The lowest BCUT2D eigenvalue weighted by molar-refractivity contribution is -0.192. The number of carbonyl (C=O) groups is 4. The molecule has 12 heteroatoms. The van der Waals surface area contributed by atoms with E-state index in [0.717, 1.165) is 41.3 Å². The molecule has 0 saturated heterocycles. The van der Waals surface area contributed by atoms with E-state index in [1.807, 2.05) is 25.1 Å². The molecule has 3 rings (SSSR count). The second kappa shape index (κ2) is 14.8. The highest BCUT2D eigenvalue weighted by Crippen LogP contribution is 2.26. The van der Waals surface area contributed by atoms with Gasteiger partial charge in [-0.1, -0.05) is 56.2 Å². The molecule has 0 bridgehead atoms. The summed E-state index contributed by atoms with van der Waals surface area (Å²) in [6.45, 7) is 1.87. The summed E-state index contributed by atoms with van der Waals surface area (Å²) in [6, 6.07) is 13.9. The summed E-state index contributed by atoms with van der Waals surface area (Å²) in [4.78, 5) is 54.0. The van der Waals surface area contributed by atoms with Gasteiger partial charge in [0.1, 0.15) is 11.6 Å². The van der Waals surface area contributed by atoms with Gasteiger partial charge in [-0.3, -0.25) is 14.4 Å². The minimum absolute atomic E-state index is 0.266. The van der Waals surface area contributed by atoms with Gasteiger partial charge in [-0.15, -0.1) is 0 Å². The van der Waals surface area contributed by atoms with Crippen molar-refractivity contribution in [3.8, 4) is 11.3 Å². The number of benzene rings is 2. The summed E-state index contributed by atoms with van der Waals surface area (Å²) in [7, 11) is 3.10. The summed E-state index contributed by atoms with van der Waals surface area (Å²) in [5, 5.41) is 12.2. The molecule has 2 amide bonds. The number of imidazole rings is 1. The third-order valence-electron chi connectivity index (χ3n) is 5.98. The first-order valence-electron chi connectivity index (χ1n) is 12.7. The average Bonchev–Trinajstić information content (AvgIpc) is 3.41. The van der Waals surface area contributed by atoms with Crippen molar-refractivity contribution >= 4 is 34.3 Å². The number of likely N-dealkylation sites (N-methyl/N-ethyl adjacent to an activating group) is 1. The molecular weight excluding hydrogens is 529 g/mol. The van der Waals surface area contributed by atoms with Crippen molar-refractivity contribution in [2.45, 2.75) is 57.7 Å². The maximum Gasteiger partial charge on any atom is 0.490 e. The number of amides is 2. The van der Waals surface area contributed by atoms with Crippen LogP contribution in [-0.2, 0) is 19.2 Å². The molecule has 1 aromatic heterocycles. The van der Waals surface area contributed by atoms with Gasteiger partial charge >= 0.3 is 24.0 Å². The smallest absolute Gasteiger partial charge is 0.475 e. The summed E-state index contributed by atoms with van der Waals surface area (Å²) < 4.78 is 31.7. The quantitative estimate of drug-likeness (QED) is 0.234. The molecule has 2 aromatic carbocycles. The van der Waals surface area contributed by atoms with Gasteiger partial charge in [-0.25, -0.2) is 9.78 Å². The average molecular weight is 563 g/mol. The Hall–Kier alpha value is -4.22. The number of H-pyrrole nitrogens is 1. The third-order valence-corrected chi connectivity index (χ3v) is 5.98. The molecule has 0 aliphatic carbocycles. The van der Waals surface area contributed by atoms with Crippen LogP contribution in [0.2, 0.25) is 0 Å². The molecule has 40 heavy (non-hydrogen) atoms. The molecule has 0 fully saturated rings. The lowest BCUT2D eigenvalue weighted by atomic mass is 10.0. The SMILES string of the molecule is CCC(=O)CCCCC[C@H](NC(=O)C(=O)N(C)C)c1ncc(-c2ccc3ccccc3c2)[nH]1.O=C(O)C(F)(F)F. The van der Waals surface area contributed by atoms with Crippen LogP contribution in [0.3, 0.4) is 0 Å². The van der Waals surface area contributed by atoms with Crippen LogP contribution in [-0.4, -0.2) is 63.8 Å². The number of ketones is 1. The molecule has 0 saturated carbocycles. The Labute approximate surface area is 229 Å². The van der Waals surface area contributed by atoms with Gasteiger partial charge in [-0.05, 0) is 29.7 Å². The number of hydrogen-bond donors (Lipinski definition) is 3. The Kier molecular flexibility index (Phi) is 11.8. The Balaban J connectivity index is 0.000000708. The zero-order chi connectivity index (χ0) is 29.9. The number of carboxylic acids is 1. The number of carboxylic acid groups (broad SMARTS) is 1. The largest absolute Gasteiger partial charge is 0.490 e. The van der Waals surface area contributed by atoms with Crippen molar-refractivity contribution in [2.75, 3.05) is 14.1 Å². The van der Waals surface area contributed by atoms with Crippen molar-refractivity contribution in [3.63, 3.8) is 0 Å². The van der Waals surface area contributed by atoms with E-state index < -0.39 is 30.0 Å². The number of aromatic nitrogens is 2. The van der Waals surface area contributed by atoms with Crippen LogP contribution in [0.15, 0.2) is 48.7 Å². The lowest BCUT2D eigenvalue weighted by Gasteiger charge is -2.18. The summed E-state index contributed by atoms with van der Waals surface area (Å²) in [6.07, 6.45) is 0.949. The number of aromatic amines is 1. The normalized spacial score (nSPS) is 11.8. The lowest BCUT2D eigenvalue weighted by Crippen LogP contribution is -2.41. The number of aliphatic carboxylic acids is 1. The number of nitrogens with one attached hydrogen (secondary N) is 2. The number of alkyl halides is 3. The van der Waals surface area contributed by atoms with Crippen molar-refractivity contribution in [2.24, 2.45) is 0 Å². The van der Waals surface area contributed by atoms with Crippen LogP contribution in [0.5, 0.6) is 0 Å². The maximum absolute atomic E-state index is 12.4. The van der Waals surface area contributed by atoms with Crippen molar-refractivity contribution in [1.29, 1.82) is 0 Å². The summed E-state index contributed by atoms with van der Waals surface area (Å²) >= 11 is 0. The van der Waals surface area contributed by atoms with Gasteiger partial charge in [0.15, 0.2) is 0 Å². The molecule has 0 unspecified atom stereocenters. The first-order valence-corrected chi connectivity index (χ1v) is 12.7. The number of fused-ring (bicyclic) bond motifs is 1. The Morgan fingerprint density at radius 2 is 1.68 bits per heavy atom. The zero-order valence-electron chi connectivity index (χ0n) is 22.5. The van der Waals surface area contributed by atoms with Crippen molar-refractivity contribution in [1.82, 2.24) is 20.2 Å². The van der Waals surface area contributed by atoms with Crippen LogP contribution in [0.4, 0.5) is 13.2 Å². The van der Waals surface area contributed by atoms with E-state index in [9.17, 15) is 27.6 Å². The fourth-order valence-corrected chi connectivity index (χ4v) is 3.74. The van der Waals surface area contributed by atoms with E-state index in [2.05, 4.69) is 39.6 Å². The van der Waals surface area contributed by atoms with Gasteiger partial charge in [0.25, 0.3) is 0 Å². The molecule has 3 aromatic rings. The second-order valence-electron chi connectivity index (χ2n) is 9.26. The monoisotopic (exact) mass is 562 g/mol. The van der Waals surface area contributed by atoms with Crippen LogP contribution >= 0.6 is 0 Å². The van der Waals surface area contributed by atoms with Gasteiger partial charge in [0.2, 0.25) is 0 Å². The molecular formula is C28H33F3N4O5. The van der Waals surface area contributed by atoms with E-state index in [1.165, 1.54) is 4.90 Å². The van der Waals surface area contributed by atoms with Gasteiger partial charge in [0, 0.05) is 32.5 Å². The highest BCUT2D eigenvalue weighted by Gasteiger charge is 2.38. The Bertz CT molecular complexity index is 1320. The van der Waals surface area contributed by atoms with Crippen LogP contribution in [0.1, 0.15) is 57.3 Å². The van der Waals surface area contributed by atoms with E-state index in [4.69, 9.17) is 9.90 Å². The number of rotatable bonds is 10. The van der Waals surface area contributed by atoms with Gasteiger partial charge in [-0.2, -0.15) is 13.2 Å². The predicted molar refractivity (Wildman–Crippen MR) is 143 cm³/mol.